The molecule has 2 aromatic rings. The molecule has 0 saturated heterocycles. The SMILES string of the molecule is CC(=O)N(CCC(=O)Nc1cccc(C(F)(F)F)c1)c1cccc(C)c1. The van der Waals surface area contributed by atoms with Gasteiger partial charge < -0.3 is 10.2 Å². The number of halogens is 3. The van der Waals surface area contributed by atoms with Gasteiger partial charge in [-0.05, 0) is 42.8 Å². The third-order valence-electron chi connectivity index (χ3n) is 3.73. The average molecular weight is 364 g/mol. The zero-order chi connectivity index (χ0) is 19.3. The van der Waals surface area contributed by atoms with Crippen LogP contribution in [0, 0.1) is 6.92 Å². The first-order chi connectivity index (χ1) is 12.2. The second-order valence-electron chi connectivity index (χ2n) is 5.89. The summed E-state index contributed by atoms with van der Waals surface area (Å²) in [7, 11) is 0. The van der Waals surface area contributed by atoms with E-state index in [0.717, 1.165) is 17.7 Å². The number of hydrogen-bond acceptors (Lipinski definition) is 2. The molecule has 0 heterocycles. The average Bonchev–Trinajstić information content (AvgIpc) is 2.54. The van der Waals surface area contributed by atoms with Crippen LogP contribution in [0.1, 0.15) is 24.5 Å². The topological polar surface area (TPSA) is 49.4 Å². The van der Waals surface area contributed by atoms with E-state index in [1.807, 2.05) is 25.1 Å². The van der Waals surface area contributed by atoms with Gasteiger partial charge in [0.2, 0.25) is 11.8 Å². The highest BCUT2D eigenvalue weighted by Gasteiger charge is 2.30. The van der Waals surface area contributed by atoms with Crippen LogP contribution in [0.3, 0.4) is 0 Å². The largest absolute Gasteiger partial charge is 0.416 e. The quantitative estimate of drug-likeness (QED) is 0.855. The summed E-state index contributed by atoms with van der Waals surface area (Å²) in [6.45, 7) is 3.42. The van der Waals surface area contributed by atoms with E-state index in [0.29, 0.717) is 5.69 Å². The molecule has 2 aromatic carbocycles. The third-order valence-corrected chi connectivity index (χ3v) is 3.73. The van der Waals surface area contributed by atoms with Crippen molar-refractivity contribution in [3.8, 4) is 0 Å². The molecular formula is C19H19F3N2O2. The Bertz CT molecular complexity index is 803. The van der Waals surface area contributed by atoms with Crippen molar-refractivity contribution in [3.63, 3.8) is 0 Å². The molecular weight excluding hydrogens is 345 g/mol. The Morgan fingerprint density at radius 2 is 1.77 bits per heavy atom. The van der Waals surface area contributed by atoms with E-state index >= 15 is 0 Å². The van der Waals surface area contributed by atoms with Gasteiger partial charge in [-0.25, -0.2) is 0 Å². The Morgan fingerprint density at radius 1 is 1.08 bits per heavy atom. The normalized spacial score (nSPS) is 11.1. The van der Waals surface area contributed by atoms with Crippen LogP contribution in [0.15, 0.2) is 48.5 Å². The summed E-state index contributed by atoms with van der Waals surface area (Å²) in [5, 5.41) is 2.43. The van der Waals surface area contributed by atoms with Crippen molar-refractivity contribution in [3.05, 3.63) is 59.7 Å². The summed E-state index contributed by atoms with van der Waals surface area (Å²) in [6, 6.07) is 11.7. The molecule has 2 rings (SSSR count). The first kappa shape index (κ1) is 19.5. The first-order valence-electron chi connectivity index (χ1n) is 7.98. The summed E-state index contributed by atoms with van der Waals surface area (Å²) < 4.78 is 38.1. The van der Waals surface area contributed by atoms with Crippen molar-refractivity contribution >= 4 is 23.2 Å². The molecule has 0 radical (unpaired) electrons. The van der Waals surface area contributed by atoms with Crippen LogP contribution < -0.4 is 10.2 Å². The smallest absolute Gasteiger partial charge is 0.326 e. The molecule has 0 fully saturated rings. The molecule has 0 aliphatic rings. The predicted octanol–water partition coefficient (Wildman–Crippen LogP) is 4.40. The van der Waals surface area contributed by atoms with E-state index in [4.69, 9.17) is 0 Å². The summed E-state index contributed by atoms with van der Waals surface area (Å²) in [6.07, 6.45) is -4.51. The number of benzene rings is 2. The van der Waals surface area contributed by atoms with Crippen LogP contribution >= 0.6 is 0 Å². The number of amides is 2. The lowest BCUT2D eigenvalue weighted by Crippen LogP contribution is -2.32. The second-order valence-corrected chi connectivity index (χ2v) is 5.89. The van der Waals surface area contributed by atoms with E-state index in [1.54, 1.807) is 6.07 Å². The molecule has 2 amide bonds. The van der Waals surface area contributed by atoms with Gasteiger partial charge in [-0.1, -0.05) is 18.2 Å². The lowest BCUT2D eigenvalue weighted by atomic mass is 10.2. The monoisotopic (exact) mass is 364 g/mol. The standard InChI is InChI=1S/C19H19F3N2O2/c1-13-5-3-8-17(11-13)24(14(2)25)10-9-18(26)23-16-7-4-6-15(12-16)19(20,21)22/h3-8,11-12H,9-10H2,1-2H3,(H,23,26). The Hall–Kier alpha value is -2.83. The summed E-state index contributed by atoms with van der Waals surface area (Å²) in [5.41, 5.74) is 0.877. The summed E-state index contributed by atoms with van der Waals surface area (Å²) >= 11 is 0. The van der Waals surface area contributed by atoms with Gasteiger partial charge in [-0.3, -0.25) is 9.59 Å². The fraction of sp³-hybridized carbons (Fsp3) is 0.263. The Morgan fingerprint density at radius 3 is 2.38 bits per heavy atom. The molecule has 1 N–H and O–H groups in total. The lowest BCUT2D eigenvalue weighted by Gasteiger charge is -2.21. The molecule has 0 saturated carbocycles. The van der Waals surface area contributed by atoms with Crippen molar-refractivity contribution < 1.29 is 22.8 Å². The number of alkyl halides is 3. The number of carbonyl (C=O) groups excluding carboxylic acids is 2. The van der Waals surface area contributed by atoms with E-state index < -0.39 is 17.6 Å². The number of nitrogens with zero attached hydrogens (tertiary/aromatic N) is 1. The van der Waals surface area contributed by atoms with Gasteiger partial charge in [0.25, 0.3) is 0 Å². The Labute approximate surface area is 149 Å². The van der Waals surface area contributed by atoms with Gasteiger partial charge in [-0.15, -0.1) is 0 Å². The number of carbonyl (C=O) groups is 2. The van der Waals surface area contributed by atoms with Crippen LogP contribution in [0.25, 0.3) is 0 Å². The second kappa shape index (κ2) is 8.03. The fourth-order valence-corrected chi connectivity index (χ4v) is 2.47. The van der Waals surface area contributed by atoms with Crippen LogP contribution in [0.4, 0.5) is 24.5 Å². The maximum absolute atomic E-state index is 12.7. The molecule has 0 aromatic heterocycles. The molecule has 0 aliphatic carbocycles. The molecule has 0 atom stereocenters. The number of anilines is 2. The molecule has 0 aliphatic heterocycles. The van der Waals surface area contributed by atoms with E-state index in [1.165, 1.54) is 24.0 Å². The van der Waals surface area contributed by atoms with E-state index in [2.05, 4.69) is 5.32 Å². The van der Waals surface area contributed by atoms with Gasteiger partial charge in [-0.2, -0.15) is 13.2 Å². The lowest BCUT2D eigenvalue weighted by molar-refractivity contribution is -0.137. The van der Waals surface area contributed by atoms with Crippen LogP contribution in [-0.4, -0.2) is 18.4 Å². The zero-order valence-corrected chi connectivity index (χ0v) is 14.4. The number of nitrogens with one attached hydrogen (secondary N) is 1. The Balaban J connectivity index is 2.02. The minimum Gasteiger partial charge on any atom is -0.326 e. The van der Waals surface area contributed by atoms with Crippen molar-refractivity contribution in [2.75, 3.05) is 16.8 Å². The van der Waals surface area contributed by atoms with Crippen LogP contribution in [0.2, 0.25) is 0 Å². The van der Waals surface area contributed by atoms with Gasteiger partial charge in [0, 0.05) is 31.3 Å². The minimum absolute atomic E-state index is 0.0379. The van der Waals surface area contributed by atoms with Crippen LogP contribution in [-0.2, 0) is 15.8 Å². The number of hydrogen-bond donors (Lipinski definition) is 1. The molecule has 7 heteroatoms. The van der Waals surface area contributed by atoms with Gasteiger partial charge in [0.15, 0.2) is 0 Å². The van der Waals surface area contributed by atoms with E-state index in [-0.39, 0.29) is 24.6 Å². The van der Waals surface area contributed by atoms with Gasteiger partial charge in [0.1, 0.15) is 0 Å². The van der Waals surface area contributed by atoms with Crippen molar-refractivity contribution in [1.82, 2.24) is 0 Å². The van der Waals surface area contributed by atoms with Gasteiger partial charge >= 0.3 is 6.18 Å². The molecule has 4 nitrogen and oxygen atoms in total. The number of rotatable bonds is 5. The maximum atomic E-state index is 12.7. The van der Waals surface area contributed by atoms with Crippen LogP contribution in [0.5, 0.6) is 0 Å². The van der Waals surface area contributed by atoms with Crippen molar-refractivity contribution in [2.45, 2.75) is 26.4 Å². The van der Waals surface area contributed by atoms with Crippen molar-refractivity contribution in [1.29, 1.82) is 0 Å². The van der Waals surface area contributed by atoms with Gasteiger partial charge in [0.05, 0.1) is 5.56 Å². The first-order valence-corrected chi connectivity index (χ1v) is 7.98. The highest BCUT2D eigenvalue weighted by Crippen LogP contribution is 2.30. The highest BCUT2D eigenvalue weighted by molar-refractivity contribution is 5.94. The minimum atomic E-state index is -4.47. The highest BCUT2D eigenvalue weighted by atomic mass is 19.4. The maximum Gasteiger partial charge on any atom is 0.416 e. The third kappa shape index (κ3) is 5.34. The summed E-state index contributed by atoms with van der Waals surface area (Å²) in [4.78, 5) is 25.4. The fourth-order valence-electron chi connectivity index (χ4n) is 2.47. The van der Waals surface area contributed by atoms with E-state index in [9.17, 15) is 22.8 Å². The summed E-state index contributed by atoms with van der Waals surface area (Å²) in [5.74, 6) is -0.689. The number of aryl methyl sites for hydroxylation is 1. The molecule has 0 spiro atoms. The molecule has 0 unspecified atom stereocenters. The Kier molecular flexibility index (Phi) is 6.02. The molecule has 0 bridgehead atoms. The molecule has 138 valence electrons. The zero-order valence-electron chi connectivity index (χ0n) is 14.4. The molecule has 26 heavy (non-hydrogen) atoms. The predicted molar refractivity (Wildman–Crippen MR) is 93.9 cm³/mol. The van der Waals surface area contributed by atoms with Crippen molar-refractivity contribution in [2.24, 2.45) is 0 Å².